The van der Waals surface area contributed by atoms with Crippen LogP contribution >= 0.6 is 11.3 Å². The molecule has 0 aliphatic rings. The average Bonchev–Trinajstić information content (AvgIpc) is 2.99. The van der Waals surface area contributed by atoms with Gasteiger partial charge in [0.2, 0.25) is 0 Å². The molecule has 0 saturated carbocycles. The molecule has 0 amide bonds. The third-order valence-electron chi connectivity index (χ3n) is 3.54. The molecule has 0 aromatic carbocycles. The largest absolute Gasteiger partial charge is 0.353 e. The van der Waals surface area contributed by atoms with Crippen molar-refractivity contribution in [1.29, 1.82) is 0 Å². The van der Waals surface area contributed by atoms with E-state index >= 15 is 0 Å². The summed E-state index contributed by atoms with van der Waals surface area (Å²) in [6, 6.07) is 4.36. The summed E-state index contributed by atoms with van der Waals surface area (Å²) in [4.78, 5) is 9.16. The van der Waals surface area contributed by atoms with Gasteiger partial charge in [-0.2, -0.15) is 5.10 Å². The Morgan fingerprint density at radius 3 is 2.76 bits per heavy atom. The maximum atomic E-state index is 4.64. The number of thiazole rings is 1. The molecule has 3 rings (SSSR count). The summed E-state index contributed by atoms with van der Waals surface area (Å²) >= 11 is 1.65. The molecule has 5 nitrogen and oxygen atoms in total. The number of aryl methyl sites for hydroxylation is 3. The van der Waals surface area contributed by atoms with Crippen molar-refractivity contribution in [3.8, 4) is 0 Å². The molecule has 21 heavy (non-hydrogen) atoms. The van der Waals surface area contributed by atoms with E-state index in [9.17, 15) is 0 Å². The Labute approximate surface area is 128 Å². The van der Waals surface area contributed by atoms with Crippen molar-refractivity contribution in [2.75, 3.05) is 5.32 Å². The monoisotopic (exact) mass is 301 g/mol. The van der Waals surface area contributed by atoms with Crippen molar-refractivity contribution in [2.45, 2.75) is 33.2 Å². The highest BCUT2D eigenvalue weighted by atomic mass is 32.1. The summed E-state index contributed by atoms with van der Waals surface area (Å²) in [6.45, 7) is 6.22. The van der Waals surface area contributed by atoms with E-state index < -0.39 is 0 Å². The van der Waals surface area contributed by atoms with Crippen molar-refractivity contribution in [2.24, 2.45) is 7.05 Å². The van der Waals surface area contributed by atoms with Crippen LogP contribution in [0.1, 0.15) is 36.3 Å². The number of fused-ring (bicyclic) bond motifs is 1. The molecule has 3 aromatic rings. The Hall–Kier alpha value is -1.95. The fraction of sp³-hybridized carbons (Fsp3) is 0.400. The van der Waals surface area contributed by atoms with Gasteiger partial charge in [-0.3, -0.25) is 4.98 Å². The zero-order chi connectivity index (χ0) is 15.0. The summed E-state index contributed by atoms with van der Waals surface area (Å²) in [5.74, 6) is 0. The highest BCUT2D eigenvalue weighted by Crippen LogP contribution is 2.31. The maximum absolute atomic E-state index is 4.64. The lowest BCUT2D eigenvalue weighted by molar-refractivity contribution is 0.720. The number of nitrogens with zero attached hydrogens (tertiary/aromatic N) is 4. The third-order valence-corrected chi connectivity index (χ3v) is 4.63. The van der Waals surface area contributed by atoms with E-state index in [-0.39, 0.29) is 6.04 Å². The number of rotatable bonds is 4. The number of anilines is 1. The van der Waals surface area contributed by atoms with Crippen LogP contribution in [0.4, 0.5) is 5.13 Å². The molecule has 0 radical (unpaired) electrons. The minimum Gasteiger partial charge on any atom is -0.353 e. The summed E-state index contributed by atoms with van der Waals surface area (Å²) in [6.07, 6.45) is 2.87. The SMILES string of the molecule is CC[C@@H](Nc1nc2c(s1)c(C)nn2C)c1ccc(C)cn1. The van der Waals surface area contributed by atoms with E-state index in [2.05, 4.69) is 46.4 Å². The van der Waals surface area contributed by atoms with Gasteiger partial charge >= 0.3 is 0 Å². The topological polar surface area (TPSA) is 55.6 Å². The number of hydrogen-bond donors (Lipinski definition) is 1. The summed E-state index contributed by atoms with van der Waals surface area (Å²) in [5, 5.41) is 8.81. The van der Waals surface area contributed by atoms with E-state index in [1.165, 1.54) is 5.56 Å². The number of nitrogens with one attached hydrogen (secondary N) is 1. The third kappa shape index (κ3) is 2.63. The number of pyridine rings is 1. The molecule has 3 aromatic heterocycles. The molecular formula is C15H19N5S. The molecule has 1 atom stereocenters. The van der Waals surface area contributed by atoms with Crippen molar-refractivity contribution in [1.82, 2.24) is 19.7 Å². The number of hydrogen-bond acceptors (Lipinski definition) is 5. The Morgan fingerprint density at radius 2 is 2.14 bits per heavy atom. The highest BCUT2D eigenvalue weighted by Gasteiger charge is 2.16. The quantitative estimate of drug-likeness (QED) is 0.800. The van der Waals surface area contributed by atoms with Crippen molar-refractivity contribution in [3.05, 3.63) is 35.3 Å². The van der Waals surface area contributed by atoms with Gasteiger partial charge in [0.25, 0.3) is 0 Å². The molecule has 0 fully saturated rings. The van der Waals surface area contributed by atoms with E-state index in [0.29, 0.717) is 0 Å². The lowest BCUT2D eigenvalue weighted by Gasteiger charge is -2.15. The second-order valence-corrected chi connectivity index (χ2v) is 6.25. The molecule has 0 unspecified atom stereocenters. The molecule has 0 spiro atoms. The summed E-state index contributed by atoms with van der Waals surface area (Å²) in [7, 11) is 1.93. The van der Waals surface area contributed by atoms with Gasteiger partial charge in [0.05, 0.1) is 22.1 Å². The molecule has 0 aliphatic heterocycles. The maximum Gasteiger partial charge on any atom is 0.185 e. The molecule has 110 valence electrons. The molecule has 0 aliphatic carbocycles. The summed E-state index contributed by atoms with van der Waals surface area (Å²) in [5.41, 5.74) is 4.19. The Balaban J connectivity index is 1.88. The van der Waals surface area contributed by atoms with Gasteiger partial charge in [-0.15, -0.1) is 0 Å². The van der Waals surface area contributed by atoms with Gasteiger partial charge in [-0.25, -0.2) is 9.67 Å². The van der Waals surface area contributed by atoms with Crippen LogP contribution in [0.3, 0.4) is 0 Å². The number of aromatic nitrogens is 4. The minimum atomic E-state index is 0.180. The molecule has 0 saturated heterocycles. The van der Waals surface area contributed by atoms with Gasteiger partial charge in [-0.1, -0.05) is 24.3 Å². The first-order valence-electron chi connectivity index (χ1n) is 7.07. The second-order valence-electron chi connectivity index (χ2n) is 5.25. The molecular weight excluding hydrogens is 282 g/mol. The van der Waals surface area contributed by atoms with Crippen LogP contribution in [0.5, 0.6) is 0 Å². The Morgan fingerprint density at radius 1 is 1.33 bits per heavy atom. The lowest BCUT2D eigenvalue weighted by Crippen LogP contribution is -2.11. The second kappa shape index (κ2) is 5.44. The first-order valence-corrected chi connectivity index (χ1v) is 7.89. The van der Waals surface area contributed by atoms with E-state index in [0.717, 1.165) is 33.3 Å². The predicted octanol–water partition coefficient (Wildman–Crippen LogP) is 3.60. The Bertz CT molecular complexity index is 722. The van der Waals surface area contributed by atoms with Gasteiger partial charge in [-0.05, 0) is 31.9 Å². The van der Waals surface area contributed by atoms with Crippen LogP contribution in [0, 0.1) is 13.8 Å². The smallest absolute Gasteiger partial charge is 0.185 e. The van der Waals surface area contributed by atoms with Crippen molar-refractivity contribution in [3.63, 3.8) is 0 Å². The van der Waals surface area contributed by atoms with Crippen LogP contribution in [0.2, 0.25) is 0 Å². The van der Waals surface area contributed by atoms with Gasteiger partial charge in [0.1, 0.15) is 0 Å². The predicted molar refractivity (Wildman–Crippen MR) is 86.8 cm³/mol. The molecule has 3 heterocycles. The van der Waals surface area contributed by atoms with Crippen LogP contribution < -0.4 is 5.32 Å². The zero-order valence-electron chi connectivity index (χ0n) is 12.7. The van der Waals surface area contributed by atoms with Crippen LogP contribution in [-0.4, -0.2) is 19.7 Å². The van der Waals surface area contributed by atoms with Crippen LogP contribution in [0.25, 0.3) is 10.3 Å². The normalized spacial score (nSPS) is 12.8. The molecule has 0 bridgehead atoms. The van der Waals surface area contributed by atoms with E-state index in [1.54, 1.807) is 11.3 Å². The fourth-order valence-electron chi connectivity index (χ4n) is 2.37. The van der Waals surface area contributed by atoms with E-state index in [1.807, 2.05) is 24.9 Å². The minimum absolute atomic E-state index is 0.180. The average molecular weight is 301 g/mol. The van der Waals surface area contributed by atoms with Crippen LogP contribution in [-0.2, 0) is 7.05 Å². The Kier molecular flexibility index (Phi) is 3.63. The fourth-order valence-corrected chi connectivity index (χ4v) is 3.35. The standard InChI is InChI=1S/C15H19N5S/c1-5-11(12-7-6-9(2)8-16-12)17-15-18-14-13(21-15)10(3)19-20(14)4/h6-8,11H,5H2,1-4H3,(H,17,18)/t11-/m1/s1. The van der Waals surface area contributed by atoms with Gasteiger partial charge < -0.3 is 5.32 Å². The lowest BCUT2D eigenvalue weighted by atomic mass is 10.1. The molecule has 1 N–H and O–H groups in total. The molecule has 6 heteroatoms. The van der Waals surface area contributed by atoms with E-state index in [4.69, 9.17) is 0 Å². The van der Waals surface area contributed by atoms with Crippen LogP contribution in [0.15, 0.2) is 18.3 Å². The van der Waals surface area contributed by atoms with Gasteiger partial charge in [0, 0.05) is 13.2 Å². The first kappa shape index (κ1) is 14.0. The first-order chi connectivity index (χ1) is 10.1. The zero-order valence-corrected chi connectivity index (χ0v) is 13.5. The highest BCUT2D eigenvalue weighted by molar-refractivity contribution is 7.22. The van der Waals surface area contributed by atoms with Crippen molar-refractivity contribution >= 4 is 26.8 Å². The summed E-state index contributed by atoms with van der Waals surface area (Å²) < 4.78 is 2.98. The van der Waals surface area contributed by atoms with Crippen molar-refractivity contribution < 1.29 is 0 Å². The van der Waals surface area contributed by atoms with Gasteiger partial charge in [0.15, 0.2) is 10.8 Å².